The molecule has 0 saturated heterocycles. The molecule has 1 aromatic carbocycles. The first-order valence-electron chi connectivity index (χ1n) is 4.92. The zero-order valence-electron chi connectivity index (χ0n) is 8.24. The Morgan fingerprint density at radius 3 is 2.93 bits per heavy atom. The summed E-state index contributed by atoms with van der Waals surface area (Å²) in [5.74, 6) is 0. The van der Waals surface area contributed by atoms with Crippen LogP contribution in [-0.4, -0.2) is 0 Å². The van der Waals surface area contributed by atoms with Gasteiger partial charge in [-0.15, -0.1) is 6.58 Å². The third kappa shape index (κ3) is 1.27. The lowest BCUT2D eigenvalue weighted by molar-refractivity contribution is 0.419. The summed E-state index contributed by atoms with van der Waals surface area (Å²) in [5.41, 5.74) is 14.4. The van der Waals surface area contributed by atoms with Crippen molar-refractivity contribution in [1.82, 2.24) is 0 Å². The molecule has 2 atom stereocenters. The minimum absolute atomic E-state index is 0.0798. The van der Waals surface area contributed by atoms with Crippen LogP contribution < -0.4 is 11.5 Å². The summed E-state index contributed by atoms with van der Waals surface area (Å²) in [4.78, 5) is 0. The van der Waals surface area contributed by atoms with Crippen molar-refractivity contribution >= 4 is 0 Å². The van der Waals surface area contributed by atoms with Gasteiger partial charge >= 0.3 is 0 Å². The molecule has 0 heterocycles. The van der Waals surface area contributed by atoms with Gasteiger partial charge in [0.2, 0.25) is 0 Å². The molecule has 1 aliphatic carbocycles. The Kier molecular flexibility index (Phi) is 2.17. The van der Waals surface area contributed by atoms with Crippen LogP contribution in [0, 0.1) is 0 Å². The molecule has 0 bridgehead atoms. The van der Waals surface area contributed by atoms with Crippen molar-refractivity contribution in [3.05, 3.63) is 48.0 Å². The average Bonchev–Trinajstić information content (AvgIpc) is 2.41. The fraction of sp³-hybridized carbons (Fsp3) is 0.333. The lowest BCUT2D eigenvalue weighted by atomic mass is 9.89. The number of benzene rings is 1. The second-order valence-electron chi connectivity index (χ2n) is 4.05. The summed E-state index contributed by atoms with van der Waals surface area (Å²) in [7, 11) is 0. The van der Waals surface area contributed by atoms with Crippen LogP contribution in [0.4, 0.5) is 0 Å². The predicted octanol–water partition coefficient (Wildman–Crippen LogP) is 1.82. The molecule has 2 unspecified atom stereocenters. The molecular formula is C12H16N2. The van der Waals surface area contributed by atoms with Crippen molar-refractivity contribution in [2.75, 3.05) is 0 Å². The van der Waals surface area contributed by atoms with Crippen molar-refractivity contribution in [2.24, 2.45) is 11.5 Å². The lowest BCUT2D eigenvalue weighted by Gasteiger charge is -2.23. The molecule has 1 aromatic rings. The first kappa shape index (κ1) is 9.44. The van der Waals surface area contributed by atoms with Crippen LogP contribution in [0.5, 0.6) is 0 Å². The molecule has 0 aliphatic heterocycles. The second kappa shape index (κ2) is 3.23. The van der Waals surface area contributed by atoms with Crippen LogP contribution in [0.25, 0.3) is 0 Å². The quantitative estimate of drug-likeness (QED) is 0.695. The standard InChI is InChI=1S/C12H16N2/c1-2-7-12(14)8-11(13)9-5-3-4-6-10(9)12/h2-6,11H,1,7-8,13-14H2. The molecule has 0 radical (unpaired) electrons. The van der Waals surface area contributed by atoms with Gasteiger partial charge in [0, 0.05) is 11.6 Å². The third-order valence-electron chi connectivity index (χ3n) is 2.99. The summed E-state index contributed by atoms with van der Waals surface area (Å²) in [6.45, 7) is 3.75. The highest BCUT2D eigenvalue weighted by atomic mass is 14.8. The van der Waals surface area contributed by atoms with Crippen molar-refractivity contribution in [3.63, 3.8) is 0 Å². The summed E-state index contributed by atoms with van der Waals surface area (Å²) >= 11 is 0. The van der Waals surface area contributed by atoms with Gasteiger partial charge in [-0.3, -0.25) is 0 Å². The van der Waals surface area contributed by atoms with E-state index in [4.69, 9.17) is 11.5 Å². The molecule has 2 rings (SSSR count). The van der Waals surface area contributed by atoms with Gasteiger partial charge in [0.15, 0.2) is 0 Å². The van der Waals surface area contributed by atoms with E-state index in [1.165, 1.54) is 11.1 Å². The molecule has 1 aliphatic rings. The highest BCUT2D eigenvalue weighted by Gasteiger charge is 2.37. The number of fused-ring (bicyclic) bond motifs is 1. The Balaban J connectivity index is 2.47. The first-order chi connectivity index (χ1) is 6.67. The molecule has 0 fully saturated rings. The SMILES string of the molecule is C=CCC1(N)CC(N)c2ccccc21. The maximum absolute atomic E-state index is 6.32. The maximum atomic E-state index is 6.32. The molecular weight excluding hydrogens is 172 g/mol. The van der Waals surface area contributed by atoms with Crippen LogP contribution in [0.3, 0.4) is 0 Å². The van der Waals surface area contributed by atoms with Gasteiger partial charge in [0.1, 0.15) is 0 Å². The molecule has 74 valence electrons. The molecule has 0 amide bonds. The molecule has 0 saturated carbocycles. The highest BCUT2D eigenvalue weighted by Crippen LogP contribution is 2.42. The van der Waals surface area contributed by atoms with Crippen LogP contribution in [0.1, 0.15) is 30.0 Å². The summed E-state index contributed by atoms with van der Waals surface area (Å²) < 4.78 is 0. The number of nitrogens with two attached hydrogens (primary N) is 2. The lowest BCUT2D eigenvalue weighted by Crippen LogP contribution is -2.34. The first-order valence-corrected chi connectivity index (χ1v) is 4.92. The van der Waals surface area contributed by atoms with E-state index in [9.17, 15) is 0 Å². The van der Waals surface area contributed by atoms with Crippen molar-refractivity contribution in [3.8, 4) is 0 Å². The maximum Gasteiger partial charge on any atom is 0.0465 e. The van der Waals surface area contributed by atoms with Crippen LogP contribution in [0.15, 0.2) is 36.9 Å². The van der Waals surface area contributed by atoms with Gasteiger partial charge in [0.05, 0.1) is 0 Å². The van der Waals surface area contributed by atoms with Gasteiger partial charge in [-0.1, -0.05) is 30.3 Å². The van der Waals surface area contributed by atoms with Crippen LogP contribution >= 0.6 is 0 Å². The monoisotopic (exact) mass is 188 g/mol. The topological polar surface area (TPSA) is 52.0 Å². The Hall–Kier alpha value is -1.12. The van der Waals surface area contributed by atoms with Gasteiger partial charge in [-0.2, -0.15) is 0 Å². The van der Waals surface area contributed by atoms with Crippen molar-refractivity contribution < 1.29 is 0 Å². The van der Waals surface area contributed by atoms with Gasteiger partial charge in [-0.05, 0) is 24.0 Å². The van der Waals surface area contributed by atoms with E-state index in [1.54, 1.807) is 0 Å². The Morgan fingerprint density at radius 2 is 2.21 bits per heavy atom. The van der Waals surface area contributed by atoms with Gasteiger partial charge in [0.25, 0.3) is 0 Å². The summed E-state index contributed by atoms with van der Waals surface area (Å²) in [6.07, 6.45) is 3.48. The third-order valence-corrected chi connectivity index (χ3v) is 2.99. The Labute approximate surface area is 84.6 Å². The molecule has 0 spiro atoms. The van der Waals surface area contributed by atoms with E-state index in [0.29, 0.717) is 0 Å². The fourth-order valence-corrected chi connectivity index (χ4v) is 2.34. The van der Waals surface area contributed by atoms with E-state index < -0.39 is 0 Å². The number of rotatable bonds is 2. The largest absolute Gasteiger partial charge is 0.324 e. The molecule has 2 nitrogen and oxygen atoms in total. The van der Waals surface area contributed by atoms with E-state index in [-0.39, 0.29) is 11.6 Å². The second-order valence-corrected chi connectivity index (χ2v) is 4.05. The van der Waals surface area contributed by atoms with Gasteiger partial charge < -0.3 is 11.5 Å². The molecule has 2 heteroatoms. The highest BCUT2D eigenvalue weighted by molar-refractivity contribution is 5.41. The molecule has 14 heavy (non-hydrogen) atoms. The Bertz CT molecular complexity index is 359. The van der Waals surface area contributed by atoms with Crippen molar-refractivity contribution in [1.29, 1.82) is 0 Å². The predicted molar refractivity (Wildman–Crippen MR) is 58.7 cm³/mol. The minimum Gasteiger partial charge on any atom is -0.324 e. The van der Waals surface area contributed by atoms with Crippen molar-refractivity contribution in [2.45, 2.75) is 24.4 Å². The molecule has 0 aromatic heterocycles. The summed E-state index contributed by atoms with van der Waals surface area (Å²) in [5, 5.41) is 0. The minimum atomic E-state index is -0.294. The number of hydrogen-bond donors (Lipinski definition) is 2. The van der Waals surface area contributed by atoms with E-state index >= 15 is 0 Å². The van der Waals surface area contributed by atoms with E-state index in [0.717, 1.165) is 12.8 Å². The normalized spacial score (nSPS) is 30.0. The fourth-order valence-electron chi connectivity index (χ4n) is 2.34. The van der Waals surface area contributed by atoms with E-state index in [1.807, 2.05) is 18.2 Å². The van der Waals surface area contributed by atoms with Crippen LogP contribution in [-0.2, 0) is 5.54 Å². The molecule has 4 N–H and O–H groups in total. The average molecular weight is 188 g/mol. The van der Waals surface area contributed by atoms with Gasteiger partial charge in [-0.25, -0.2) is 0 Å². The zero-order valence-corrected chi connectivity index (χ0v) is 8.24. The zero-order chi connectivity index (χ0) is 10.2. The Morgan fingerprint density at radius 1 is 1.50 bits per heavy atom. The van der Waals surface area contributed by atoms with Crippen LogP contribution in [0.2, 0.25) is 0 Å². The van der Waals surface area contributed by atoms with E-state index in [2.05, 4.69) is 18.7 Å². The number of hydrogen-bond acceptors (Lipinski definition) is 2. The smallest absolute Gasteiger partial charge is 0.0465 e. The summed E-state index contributed by atoms with van der Waals surface area (Å²) in [6, 6.07) is 8.25.